The molecular formula is C18H24ClN5. The fourth-order valence-corrected chi connectivity index (χ4v) is 3.57. The average molecular weight is 346 g/mol. The molecule has 0 unspecified atom stereocenters. The molecule has 0 radical (unpaired) electrons. The number of nitrogens with one attached hydrogen (secondary N) is 1. The first-order chi connectivity index (χ1) is 11.8. The van der Waals surface area contributed by atoms with Crippen LogP contribution < -0.4 is 5.32 Å². The van der Waals surface area contributed by atoms with E-state index in [1.807, 2.05) is 12.1 Å². The zero-order chi connectivity index (χ0) is 16.4. The predicted octanol–water partition coefficient (Wildman–Crippen LogP) is 2.88. The summed E-state index contributed by atoms with van der Waals surface area (Å²) in [5, 5.41) is 8.73. The largest absolute Gasteiger partial charge is 0.314 e. The van der Waals surface area contributed by atoms with Gasteiger partial charge >= 0.3 is 0 Å². The number of benzene rings is 1. The van der Waals surface area contributed by atoms with Crippen LogP contribution in [-0.2, 0) is 6.54 Å². The smallest absolute Gasteiger partial charge is 0.138 e. The number of nitrogens with zero attached hydrogens (tertiary/aromatic N) is 4. The van der Waals surface area contributed by atoms with Gasteiger partial charge in [-0.2, -0.15) is 5.10 Å². The lowest BCUT2D eigenvalue weighted by atomic mass is 10.0. The van der Waals surface area contributed by atoms with Gasteiger partial charge in [-0.1, -0.05) is 17.7 Å². The van der Waals surface area contributed by atoms with E-state index in [9.17, 15) is 0 Å². The highest BCUT2D eigenvalue weighted by atomic mass is 35.5. The summed E-state index contributed by atoms with van der Waals surface area (Å²) < 4.78 is 1.80. The minimum Gasteiger partial charge on any atom is -0.314 e. The SMILES string of the molecule is Clc1ccc(CN2CCC(NCC3CC3)CC2)c(-n2cncn2)c1. The molecule has 1 aromatic heterocycles. The Kier molecular flexibility index (Phi) is 4.83. The van der Waals surface area contributed by atoms with Gasteiger partial charge in [-0.25, -0.2) is 9.67 Å². The number of hydrogen-bond donors (Lipinski definition) is 1. The van der Waals surface area contributed by atoms with Gasteiger partial charge in [0.15, 0.2) is 0 Å². The number of rotatable bonds is 6. The first kappa shape index (κ1) is 16.1. The van der Waals surface area contributed by atoms with Crippen LogP contribution in [0.2, 0.25) is 5.02 Å². The van der Waals surface area contributed by atoms with Gasteiger partial charge in [0, 0.05) is 17.6 Å². The maximum absolute atomic E-state index is 6.18. The zero-order valence-corrected chi connectivity index (χ0v) is 14.6. The van der Waals surface area contributed by atoms with Gasteiger partial charge in [-0.15, -0.1) is 0 Å². The van der Waals surface area contributed by atoms with E-state index in [4.69, 9.17) is 11.6 Å². The van der Waals surface area contributed by atoms with Gasteiger partial charge in [-0.3, -0.25) is 4.90 Å². The normalized spacial score (nSPS) is 19.7. The van der Waals surface area contributed by atoms with E-state index in [1.54, 1.807) is 17.3 Å². The molecular weight excluding hydrogens is 322 g/mol. The van der Waals surface area contributed by atoms with Crippen LogP contribution in [0.25, 0.3) is 5.69 Å². The highest BCUT2D eigenvalue weighted by Gasteiger charge is 2.24. The lowest BCUT2D eigenvalue weighted by molar-refractivity contribution is 0.190. The third-order valence-electron chi connectivity index (χ3n) is 5.09. The quantitative estimate of drug-likeness (QED) is 0.874. The van der Waals surface area contributed by atoms with Crippen molar-refractivity contribution in [3.63, 3.8) is 0 Å². The maximum atomic E-state index is 6.18. The molecule has 0 spiro atoms. The van der Waals surface area contributed by atoms with Crippen LogP contribution >= 0.6 is 11.6 Å². The summed E-state index contributed by atoms with van der Waals surface area (Å²) >= 11 is 6.18. The van der Waals surface area contributed by atoms with Crippen molar-refractivity contribution in [1.29, 1.82) is 0 Å². The van der Waals surface area contributed by atoms with E-state index in [0.29, 0.717) is 6.04 Å². The Labute approximate surface area is 148 Å². The van der Waals surface area contributed by atoms with Crippen molar-refractivity contribution in [3.8, 4) is 5.69 Å². The van der Waals surface area contributed by atoms with E-state index in [-0.39, 0.29) is 0 Å². The van der Waals surface area contributed by atoms with Crippen molar-refractivity contribution in [1.82, 2.24) is 25.0 Å². The van der Waals surface area contributed by atoms with Gasteiger partial charge in [0.25, 0.3) is 0 Å². The molecule has 1 saturated carbocycles. The van der Waals surface area contributed by atoms with Crippen LogP contribution in [0.5, 0.6) is 0 Å². The number of hydrogen-bond acceptors (Lipinski definition) is 4. The minimum atomic E-state index is 0.696. The lowest BCUT2D eigenvalue weighted by Crippen LogP contribution is -2.42. The molecule has 5 nitrogen and oxygen atoms in total. The molecule has 1 N–H and O–H groups in total. The van der Waals surface area contributed by atoms with Crippen molar-refractivity contribution < 1.29 is 0 Å². The van der Waals surface area contributed by atoms with Crippen LogP contribution in [0.15, 0.2) is 30.9 Å². The van der Waals surface area contributed by atoms with Crippen molar-refractivity contribution in [2.24, 2.45) is 5.92 Å². The predicted molar refractivity (Wildman–Crippen MR) is 95.4 cm³/mol. The summed E-state index contributed by atoms with van der Waals surface area (Å²) in [6.07, 6.45) is 8.60. The molecule has 0 amide bonds. The fourth-order valence-electron chi connectivity index (χ4n) is 3.41. The molecule has 128 valence electrons. The van der Waals surface area contributed by atoms with Crippen molar-refractivity contribution in [2.45, 2.75) is 38.3 Å². The highest BCUT2D eigenvalue weighted by Crippen LogP contribution is 2.28. The van der Waals surface area contributed by atoms with Gasteiger partial charge < -0.3 is 5.32 Å². The molecule has 24 heavy (non-hydrogen) atoms. The molecule has 6 heteroatoms. The average Bonchev–Trinajstić information content (AvgIpc) is 3.27. The fraction of sp³-hybridized carbons (Fsp3) is 0.556. The Morgan fingerprint density at radius 3 is 2.71 bits per heavy atom. The second-order valence-electron chi connectivity index (χ2n) is 7.02. The summed E-state index contributed by atoms with van der Waals surface area (Å²) in [5.41, 5.74) is 2.27. The van der Waals surface area contributed by atoms with Crippen LogP contribution in [0.3, 0.4) is 0 Å². The molecule has 1 aliphatic heterocycles. The Hall–Kier alpha value is -1.43. The number of halogens is 1. The number of piperidine rings is 1. The van der Waals surface area contributed by atoms with Crippen LogP contribution in [0.1, 0.15) is 31.2 Å². The minimum absolute atomic E-state index is 0.696. The Morgan fingerprint density at radius 2 is 2.00 bits per heavy atom. The van der Waals surface area contributed by atoms with Crippen LogP contribution in [0.4, 0.5) is 0 Å². The van der Waals surface area contributed by atoms with E-state index in [0.717, 1.165) is 36.3 Å². The molecule has 2 heterocycles. The van der Waals surface area contributed by atoms with E-state index >= 15 is 0 Å². The van der Waals surface area contributed by atoms with Gasteiger partial charge in [0.05, 0.1) is 5.69 Å². The topological polar surface area (TPSA) is 46.0 Å². The van der Waals surface area contributed by atoms with Gasteiger partial charge in [0.1, 0.15) is 12.7 Å². The molecule has 2 aromatic rings. The summed E-state index contributed by atoms with van der Waals surface area (Å²) in [7, 11) is 0. The first-order valence-corrected chi connectivity index (χ1v) is 9.25. The standard InChI is InChI=1S/C18H24ClN5/c19-16-4-3-15(18(9-16)24-13-20-12-22-24)11-23-7-5-17(6-8-23)21-10-14-1-2-14/h3-4,9,12-14,17,21H,1-2,5-8,10-11H2. The van der Waals surface area contributed by atoms with E-state index in [2.05, 4.69) is 26.4 Å². The molecule has 1 aromatic carbocycles. The molecule has 2 aliphatic rings. The second kappa shape index (κ2) is 7.21. The van der Waals surface area contributed by atoms with Gasteiger partial charge in [0.2, 0.25) is 0 Å². The number of aromatic nitrogens is 3. The monoisotopic (exact) mass is 345 g/mol. The summed E-state index contributed by atoms with van der Waals surface area (Å²) in [6.45, 7) is 4.43. The Bertz CT molecular complexity index is 660. The lowest BCUT2D eigenvalue weighted by Gasteiger charge is -2.33. The summed E-state index contributed by atoms with van der Waals surface area (Å²) in [4.78, 5) is 6.58. The Morgan fingerprint density at radius 1 is 1.17 bits per heavy atom. The van der Waals surface area contributed by atoms with Gasteiger partial charge in [-0.05, 0) is 68.9 Å². The molecule has 0 bridgehead atoms. The summed E-state index contributed by atoms with van der Waals surface area (Å²) in [5.74, 6) is 0.960. The van der Waals surface area contributed by atoms with Crippen molar-refractivity contribution >= 4 is 11.6 Å². The third-order valence-corrected chi connectivity index (χ3v) is 5.32. The number of likely N-dealkylation sites (tertiary alicyclic amines) is 1. The molecule has 1 aliphatic carbocycles. The molecule has 0 atom stereocenters. The van der Waals surface area contributed by atoms with Crippen molar-refractivity contribution in [3.05, 3.63) is 41.4 Å². The van der Waals surface area contributed by atoms with E-state index < -0.39 is 0 Å². The second-order valence-corrected chi connectivity index (χ2v) is 7.45. The third kappa shape index (κ3) is 3.97. The Balaban J connectivity index is 1.37. The zero-order valence-electron chi connectivity index (χ0n) is 13.9. The first-order valence-electron chi connectivity index (χ1n) is 8.87. The van der Waals surface area contributed by atoms with E-state index in [1.165, 1.54) is 37.8 Å². The van der Waals surface area contributed by atoms with Crippen LogP contribution in [0, 0.1) is 5.92 Å². The van der Waals surface area contributed by atoms with Crippen molar-refractivity contribution in [2.75, 3.05) is 19.6 Å². The van der Waals surface area contributed by atoms with Crippen LogP contribution in [-0.4, -0.2) is 45.3 Å². The summed E-state index contributed by atoms with van der Waals surface area (Å²) in [6, 6.07) is 6.73. The molecule has 4 rings (SSSR count). The maximum Gasteiger partial charge on any atom is 0.138 e. The molecule has 2 fully saturated rings. The molecule has 1 saturated heterocycles. The highest BCUT2D eigenvalue weighted by molar-refractivity contribution is 6.30.